The summed E-state index contributed by atoms with van der Waals surface area (Å²) in [4.78, 5) is 63.7. The summed E-state index contributed by atoms with van der Waals surface area (Å²) in [5.41, 5.74) is 1.31. The van der Waals surface area contributed by atoms with Crippen molar-refractivity contribution in [3.8, 4) is 0 Å². The summed E-state index contributed by atoms with van der Waals surface area (Å²) in [6.07, 6.45) is 1.43. The van der Waals surface area contributed by atoms with E-state index in [4.69, 9.17) is 4.74 Å². The van der Waals surface area contributed by atoms with Crippen molar-refractivity contribution >= 4 is 51.2 Å². The Labute approximate surface area is 180 Å². The highest BCUT2D eigenvalue weighted by Crippen LogP contribution is 2.31. The number of carbonyl (C=O) groups excluding carboxylic acids is 5. The van der Waals surface area contributed by atoms with Crippen molar-refractivity contribution in [1.29, 1.82) is 0 Å². The van der Waals surface area contributed by atoms with Crippen LogP contribution in [0.2, 0.25) is 0 Å². The first-order chi connectivity index (χ1) is 14.4. The van der Waals surface area contributed by atoms with Gasteiger partial charge < -0.3 is 9.64 Å². The van der Waals surface area contributed by atoms with Crippen LogP contribution < -0.4 is 10.2 Å². The van der Waals surface area contributed by atoms with Gasteiger partial charge in [-0.25, -0.2) is 0 Å². The molecule has 1 unspecified atom stereocenters. The van der Waals surface area contributed by atoms with Gasteiger partial charge in [0.2, 0.25) is 11.8 Å². The van der Waals surface area contributed by atoms with Crippen LogP contribution in [0.15, 0.2) is 18.2 Å². The van der Waals surface area contributed by atoms with Crippen LogP contribution >= 0.6 is 15.9 Å². The minimum atomic E-state index is -0.974. The van der Waals surface area contributed by atoms with Crippen LogP contribution in [0.3, 0.4) is 0 Å². The number of benzene rings is 1. The minimum Gasteiger partial charge on any atom is -0.462 e. The predicted octanol–water partition coefficient (Wildman–Crippen LogP) is 0.995. The number of carbonyl (C=O) groups is 5. The van der Waals surface area contributed by atoms with Gasteiger partial charge in [0.15, 0.2) is 0 Å². The molecule has 0 aromatic heterocycles. The number of esters is 1. The van der Waals surface area contributed by atoms with Crippen molar-refractivity contribution < 1.29 is 28.7 Å². The highest BCUT2D eigenvalue weighted by atomic mass is 79.9. The second-order valence-corrected chi connectivity index (χ2v) is 8.05. The Morgan fingerprint density at radius 2 is 1.77 bits per heavy atom. The molecule has 4 amide bonds. The zero-order chi connectivity index (χ0) is 21.4. The molecule has 1 aromatic rings. The van der Waals surface area contributed by atoms with Gasteiger partial charge in [-0.05, 0) is 24.6 Å². The predicted molar refractivity (Wildman–Crippen MR) is 108 cm³/mol. The number of alkyl halides is 1. The number of piperidine rings is 2. The number of imide groups is 2. The molecule has 2 saturated heterocycles. The van der Waals surface area contributed by atoms with Crippen molar-refractivity contribution in [2.24, 2.45) is 0 Å². The molecular weight excluding hydrogens is 458 g/mol. The van der Waals surface area contributed by atoms with Gasteiger partial charge in [-0.15, -0.1) is 0 Å². The molecule has 3 heterocycles. The molecule has 9 nitrogen and oxygen atoms in total. The lowest BCUT2D eigenvalue weighted by Crippen LogP contribution is -2.54. The van der Waals surface area contributed by atoms with Crippen molar-refractivity contribution in [1.82, 2.24) is 10.2 Å². The first-order valence-corrected chi connectivity index (χ1v) is 10.9. The van der Waals surface area contributed by atoms with Crippen LogP contribution in [0.4, 0.5) is 5.69 Å². The maximum Gasteiger partial charge on any atom is 0.316 e. The number of hydrogen-bond donors (Lipinski definition) is 1. The summed E-state index contributed by atoms with van der Waals surface area (Å²) in [7, 11) is 0. The molecule has 0 radical (unpaired) electrons. The number of amides is 4. The van der Waals surface area contributed by atoms with E-state index in [2.05, 4.69) is 26.1 Å². The van der Waals surface area contributed by atoms with E-state index in [9.17, 15) is 24.0 Å². The molecule has 30 heavy (non-hydrogen) atoms. The maximum absolute atomic E-state index is 12.9. The molecule has 3 aliphatic rings. The Bertz CT molecular complexity index is 940. The van der Waals surface area contributed by atoms with Gasteiger partial charge in [-0.3, -0.25) is 34.2 Å². The Morgan fingerprint density at radius 3 is 2.43 bits per heavy atom. The Balaban J connectivity index is 1.48. The highest BCUT2D eigenvalue weighted by Gasteiger charge is 2.44. The number of rotatable bonds is 4. The van der Waals surface area contributed by atoms with Crippen molar-refractivity contribution in [2.45, 2.75) is 37.8 Å². The molecule has 1 aromatic carbocycles. The van der Waals surface area contributed by atoms with E-state index in [0.29, 0.717) is 25.9 Å². The number of fused-ring (bicyclic) bond motifs is 1. The van der Waals surface area contributed by atoms with Gasteiger partial charge >= 0.3 is 5.97 Å². The lowest BCUT2D eigenvalue weighted by molar-refractivity contribution is -0.146. The summed E-state index contributed by atoms with van der Waals surface area (Å²) in [6, 6.07) is 4.08. The van der Waals surface area contributed by atoms with Crippen LogP contribution in [0.25, 0.3) is 0 Å². The molecule has 0 spiro atoms. The van der Waals surface area contributed by atoms with E-state index >= 15 is 0 Å². The second-order valence-electron chi connectivity index (χ2n) is 7.49. The van der Waals surface area contributed by atoms with Crippen molar-refractivity contribution in [3.63, 3.8) is 0 Å². The fraction of sp³-hybridized carbons (Fsp3) is 0.450. The molecule has 0 saturated carbocycles. The molecular formula is C20H20BrN3O6. The molecule has 1 N–H and O–H groups in total. The van der Waals surface area contributed by atoms with E-state index in [1.807, 2.05) is 0 Å². The largest absolute Gasteiger partial charge is 0.462 e. The summed E-state index contributed by atoms with van der Waals surface area (Å²) < 4.78 is 5.35. The zero-order valence-corrected chi connectivity index (χ0v) is 17.6. The molecule has 1 atom stereocenters. The summed E-state index contributed by atoms with van der Waals surface area (Å²) >= 11 is 3.08. The summed E-state index contributed by atoms with van der Waals surface area (Å²) in [5, 5.41) is 2.35. The van der Waals surface area contributed by atoms with Crippen molar-refractivity contribution in [2.75, 3.05) is 23.3 Å². The normalized spacial score (nSPS) is 22.2. The van der Waals surface area contributed by atoms with E-state index in [0.717, 1.165) is 10.6 Å². The molecule has 158 valence electrons. The fourth-order valence-electron chi connectivity index (χ4n) is 4.10. The first-order valence-electron chi connectivity index (χ1n) is 9.75. The lowest BCUT2D eigenvalue weighted by Gasteiger charge is -2.33. The number of ether oxygens (including phenoxy) is 1. The first kappa shape index (κ1) is 20.5. The number of halogens is 1. The maximum atomic E-state index is 12.9. The molecule has 4 rings (SSSR count). The van der Waals surface area contributed by atoms with E-state index < -0.39 is 29.7 Å². The van der Waals surface area contributed by atoms with Gasteiger partial charge in [0.25, 0.3) is 11.8 Å². The van der Waals surface area contributed by atoms with Crippen LogP contribution in [0, 0.1) is 0 Å². The van der Waals surface area contributed by atoms with Crippen LogP contribution in [-0.4, -0.2) is 65.1 Å². The van der Waals surface area contributed by atoms with E-state index in [1.165, 1.54) is 0 Å². The van der Waals surface area contributed by atoms with Gasteiger partial charge in [0, 0.05) is 38.0 Å². The van der Waals surface area contributed by atoms with Crippen LogP contribution in [0.5, 0.6) is 0 Å². The fourth-order valence-corrected chi connectivity index (χ4v) is 4.24. The molecule has 10 heteroatoms. The third-order valence-corrected chi connectivity index (χ3v) is 6.10. The van der Waals surface area contributed by atoms with Gasteiger partial charge in [0.1, 0.15) is 17.5 Å². The van der Waals surface area contributed by atoms with Gasteiger partial charge in [0.05, 0.1) is 11.1 Å². The van der Waals surface area contributed by atoms with E-state index in [-0.39, 0.29) is 41.4 Å². The summed E-state index contributed by atoms with van der Waals surface area (Å²) in [5.74, 6) is -2.35. The van der Waals surface area contributed by atoms with Crippen LogP contribution in [-0.2, 0) is 19.1 Å². The topological polar surface area (TPSA) is 113 Å². The standard InChI is InChI=1S/C20H20BrN3O6/c21-10-17(26)30-12-5-7-23(8-6-12)11-1-2-13-14(9-11)20(29)24(19(13)28)15-3-4-16(25)22-18(15)27/h1-2,9,12,15H,3-8,10H2,(H,22,25,27). The molecule has 0 aliphatic carbocycles. The SMILES string of the molecule is O=C1CCC(N2C(=O)c3ccc(N4CCC(OC(=O)CBr)CC4)cc3C2=O)C(=O)N1. The van der Waals surface area contributed by atoms with E-state index in [1.54, 1.807) is 18.2 Å². The monoisotopic (exact) mass is 477 g/mol. The van der Waals surface area contributed by atoms with Crippen LogP contribution in [0.1, 0.15) is 46.4 Å². The third-order valence-electron chi connectivity index (χ3n) is 5.64. The van der Waals surface area contributed by atoms with Crippen molar-refractivity contribution in [3.05, 3.63) is 29.3 Å². The average molecular weight is 478 g/mol. The third kappa shape index (κ3) is 3.71. The number of nitrogens with zero attached hydrogens (tertiary/aromatic N) is 2. The van der Waals surface area contributed by atoms with Gasteiger partial charge in [-0.1, -0.05) is 15.9 Å². The zero-order valence-electron chi connectivity index (χ0n) is 16.1. The quantitative estimate of drug-likeness (QED) is 0.390. The molecule has 0 bridgehead atoms. The Kier molecular flexibility index (Phi) is 5.59. The molecule has 3 aliphatic heterocycles. The average Bonchev–Trinajstić information content (AvgIpc) is 2.98. The smallest absolute Gasteiger partial charge is 0.316 e. The Hall–Kier alpha value is -2.75. The number of anilines is 1. The minimum absolute atomic E-state index is 0.0870. The Morgan fingerprint density at radius 1 is 1.07 bits per heavy atom. The summed E-state index contributed by atoms with van der Waals surface area (Å²) in [6.45, 7) is 1.30. The molecule has 2 fully saturated rings. The number of hydrogen-bond acceptors (Lipinski definition) is 7. The number of nitrogens with one attached hydrogen (secondary N) is 1. The van der Waals surface area contributed by atoms with Gasteiger partial charge in [-0.2, -0.15) is 0 Å². The highest BCUT2D eigenvalue weighted by molar-refractivity contribution is 9.09. The second kappa shape index (κ2) is 8.17. The lowest BCUT2D eigenvalue weighted by atomic mass is 10.0.